The van der Waals surface area contributed by atoms with Crippen molar-refractivity contribution in [3.8, 4) is 0 Å². The summed E-state index contributed by atoms with van der Waals surface area (Å²) in [7, 11) is -3.00. The molecule has 0 aliphatic carbocycles. The Balaban J connectivity index is 1.88. The van der Waals surface area contributed by atoms with Gasteiger partial charge in [0.1, 0.15) is 5.78 Å². The highest BCUT2D eigenvalue weighted by atomic mass is 16.4. The van der Waals surface area contributed by atoms with Gasteiger partial charge < -0.3 is 31.1 Å². The maximum Gasteiger partial charge on any atom is 0.488 e. The molecule has 0 aliphatic rings. The van der Waals surface area contributed by atoms with Crippen molar-refractivity contribution >= 4 is 30.9 Å². The first kappa shape index (κ1) is 22.3. The van der Waals surface area contributed by atoms with E-state index in [1.807, 2.05) is 0 Å². The predicted molar refractivity (Wildman–Crippen MR) is 110 cm³/mol. The van der Waals surface area contributed by atoms with Crippen LogP contribution in [-0.2, 0) is 17.6 Å². The molecule has 0 saturated carbocycles. The van der Waals surface area contributed by atoms with Crippen LogP contribution in [0.5, 0.6) is 0 Å². The van der Waals surface area contributed by atoms with Crippen LogP contribution in [0.25, 0.3) is 0 Å². The van der Waals surface area contributed by atoms with Crippen molar-refractivity contribution in [1.82, 2.24) is 5.32 Å². The third-order valence-electron chi connectivity index (χ3n) is 4.61. The van der Waals surface area contributed by atoms with E-state index in [-0.39, 0.29) is 17.9 Å². The second-order valence-corrected chi connectivity index (χ2v) is 6.97. The number of Topliss-reactive ketones (excluding diaryl/α,β-unsaturated/α-hetero) is 1. The summed E-state index contributed by atoms with van der Waals surface area (Å²) in [6, 6.07) is 13.1. The fourth-order valence-electron chi connectivity index (χ4n) is 2.92. The summed E-state index contributed by atoms with van der Waals surface area (Å²) in [5.41, 5.74) is 8.87. The maximum atomic E-state index is 12.0. The van der Waals surface area contributed by atoms with E-state index in [0.29, 0.717) is 30.3 Å². The SMILES string of the molecule is CC(=O)[C@H](Cc1ccc(B(O)O)cc1)NCC(N)Cc1ccc(B(O)O)cc1. The van der Waals surface area contributed by atoms with Crippen LogP contribution in [0.3, 0.4) is 0 Å². The van der Waals surface area contributed by atoms with Gasteiger partial charge in [0.25, 0.3) is 0 Å². The summed E-state index contributed by atoms with van der Waals surface area (Å²) in [6.07, 6.45) is 1.06. The second kappa shape index (κ2) is 10.5. The average molecular weight is 384 g/mol. The molecule has 0 spiro atoms. The van der Waals surface area contributed by atoms with E-state index < -0.39 is 14.2 Å². The molecule has 148 valence electrons. The molecule has 28 heavy (non-hydrogen) atoms. The Bertz CT molecular complexity index is 754. The van der Waals surface area contributed by atoms with Gasteiger partial charge in [-0.2, -0.15) is 0 Å². The Kier molecular flexibility index (Phi) is 8.37. The number of carbonyl (C=O) groups excluding carboxylic acids is 1. The van der Waals surface area contributed by atoms with Gasteiger partial charge in [0.05, 0.1) is 6.04 Å². The topological polar surface area (TPSA) is 136 Å². The minimum atomic E-state index is -1.51. The van der Waals surface area contributed by atoms with Crippen LogP contribution in [0.15, 0.2) is 48.5 Å². The molecule has 9 heteroatoms. The van der Waals surface area contributed by atoms with Gasteiger partial charge in [-0.15, -0.1) is 0 Å². The Morgan fingerprint density at radius 1 is 0.893 bits per heavy atom. The number of hydrogen-bond acceptors (Lipinski definition) is 7. The molecule has 0 aromatic heterocycles. The van der Waals surface area contributed by atoms with Gasteiger partial charge in [-0.05, 0) is 41.8 Å². The quantitative estimate of drug-likeness (QED) is 0.254. The third-order valence-corrected chi connectivity index (χ3v) is 4.61. The maximum absolute atomic E-state index is 12.0. The van der Waals surface area contributed by atoms with Gasteiger partial charge >= 0.3 is 14.2 Å². The minimum absolute atomic E-state index is 0.000226. The number of carbonyl (C=O) groups is 1. The van der Waals surface area contributed by atoms with Crippen molar-refractivity contribution in [2.45, 2.75) is 31.8 Å². The largest absolute Gasteiger partial charge is 0.488 e. The van der Waals surface area contributed by atoms with Crippen LogP contribution in [-0.4, -0.2) is 58.7 Å². The smallest absolute Gasteiger partial charge is 0.423 e. The number of nitrogens with one attached hydrogen (secondary N) is 1. The van der Waals surface area contributed by atoms with Crippen molar-refractivity contribution < 1.29 is 24.9 Å². The number of hydrogen-bond donors (Lipinski definition) is 6. The molecule has 0 amide bonds. The zero-order valence-electron chi connectivity index (χ0n) is 15.8. The van der Waals surface area contributed by atoms with Crippen LogP contribution in [0.1, 0.15) is 18.1 Å². The lowest BCUT2D eigenvalue weighted by atomic mass is 9.80. The lowest BCUT2D eigenvalue weighted by Gasteiger charge is -2.19. The number of benzene rings is 2. The van der Waals surface area contributed by atoms with Crippen molar-refractivity contribution in [1.29, 1.82) is 0 Å². The summed E-state index contributed by atoms with van der Waals surface area (Å²) >= 11 is 0. The van der Waals surface area contributed by atoms with Gasteiger partial charge in [-0.3, -0.25) is 4.79 Å². The molecule has 2 aromatic rings. The van der Waals surface area contributed by atoms with E-state index in [1.54, 1.807) is 48.5 Å². The Labute approximate surface area is 165 Å². The molecule has 0 radical (unpaired) electrons. The average Bonchev–Trinajstić information content (AvgIpc) is 2.65. The summed E-state index contributed by atoms with van der Waals surface area (Å²) < 4.78 is 0. The monoisotopic (exact) mass is 384 g/mol. The predicted octanol–water partition coefficient (Wildman–Crippen LogP) is -2.29. The van der Waals surface area contributed by atoms with Crippen LogP contribution >= 0.6 is 0 Å². The molecule has 1 unspecified atom stereocenters. The molecular formula is C19H26B2N2O5. The molecule has 0 fully saturated rings. The molecular weight excluding hydrogens is 358 g/mol. The standard InChI is InChI=1S/C19H26B2N2O5/c1-13(24)19(11-15-4-8-17(9-5-15)21(27)28)23-12-18(22)10-14-2-6-16(7-3-14)20(25)26/h2-9,18-19,23,25-28H,10-12,22H2,1H3/t18?,19-/m0/s1. The van der Waals surface area contributed by atoms with E-state index in [9.17, 15) is 4.79 Å². The van der Waals surface area contributed by atoms with Crippen molar-refractivity contribution in [3.05, 3.63) is 59.7 Å². The lowest BCUT2D eigenvalue weighted by molar-refractivity contribution is -0.119. The molecule has 2 rings (SSSR count). The van der Waals surface area contributed by atoms with Crippen molar-refractivity contribution in [2.75, 3.05) is 6.54 Å². The highest BCUT2D eigenvalue weighted by molar-refractivity contribution is 6.58. The van der Waals surface area contributed by atoms with E-state index in [1.165, 1.54) is 6.92 Å². The fraction of sp³-hybridized carbons (Fsp3) is 0.316. The highest BCUT2D eigenvalue weighted by Crippen LogP contribution is 2.05. The van der Waals surface area contributed by atoms with Crippen molar-refractivity contribution in [3.63, 3.8) is 0 Å². The Hall–Kier alpha value is -2.00. The third kappa shape index (κ3) is 6.87. The molecule has 0 bridgehead atoms. The zero-order valence-corrected chi connectivity index (χ0v) is 15.8. The van der Waals surface area contributed by atoms with Crippen LogP contribution < -0.4 is 22.0 Å². The van der Waals surface area contributed by atoms with Crippen LogP contribution in [0.2, 0.25) is 0 Å². The molecule has 0 aliphatic heterocycles. The molecule has 7 nitrogen and oxygen atoms in total. The van der Waals surface area contributed by atoms with Gasteiger partial charge in [-0.1, -0.05) is 48.5 Å². The Morgan fingerprint density at radius 2 is 1.32 bits per heavy atom. The van der Waals surface area contributed by atoms with Crippen LogP contribution in [0.4, 0.5) is 0 Å². The van der Waals surface area contributed by atoms with Crippen LogP contribution in [0, 0.1) is 0 Å². The van der Waals surface area contributed by atoms with E-state index in [0.717, 1.165) is 11.1 Å². The van der Waals surface area contributed by atoms with Gasteiger partial charge in [0.2, 0.25) is 0 Å². The number of rotatable bonds is 10. The Morgan fingerprint density at radius 3 is 1.71 bits per heavy atom. The number of nitrogens with two attached hydrogens (primary N) is 1. The lowest BCUT2D eigenvalue weighted by Crippen LogP contribution is -2.44. The first-order valence-electron chi connectivity index (χ1n) is 9.15. The highest BCUT2D eigenvalue weighted by Gasteiger charge is 2.17. The van der Waals surface area contributed by atoms with Gasteiger partial charge in [-0.25, -0.2) is 0 Å². The normalized spacial score (nSPS) is 13.1. The molecule has 2 atom stereocenters. The molecule has 2 aromatic carbocycles. The molecule has 0 heterocycles. The molecule has 7 N–H and O–H groups in total. The fourth-order valence-corrected chi connectivity index (χ4v) is 2.92. The zero-order chi connectivity index (χ0) is 20.7. The van der Waals surface area contributed by atoms with Crippen molar-refractivity contribution in [2.24, 2.45) is 5.73 Å². The molecule has 0 saturated heterocycles. The van der Waals surface area contributed by atoms with E-state index >= 15 is 0 Å². The first-order valence-corrected chi connectivity index (χ1v) is 9.15. The van der Waals surface area contributed by atoms with Gasteiger partial charge in [0, 0.05) is 12.6 Å². The minimum Gasteiger partial charge on any atom is -0.423 e. The van der Waals surface area contributed by atoms with Gasteiger partial charge in [0.15, 0.2) is 0 Å². The first-order chi connectivity index (χ1) is 13.3. The number of ketones is 1. The second-order valence-electron chi connectivity index (χ2n) is 6.97. The summed E-state index contributed by atoms with van der Waals surface area (Å²) in [5.74, 6) is -0.000226. The summed E-state index contributed by atoms with van der Waals surface area (Å²) in [4.78, 5) is 12.0. The summed E-state index contributed by atoms with van der Waals surface area (Å²) in [5, 5.41) is 39.7. The van der Waals surface area contributed by atoms with E-state index in [4.69, 9.17) is 25.8 Å². The van der Waals surface area contributed by atoms with E-state index in [2.05, 4.69) is 5.32 Å². The summed E-state index contributed by atoms with van der Waals surface area (Å²) in [6.45, 7) is 1.97.